The fourth-order valence-electron chi connectivity index (χ4n) is 2.10. The second-order valence-electron chi connectivity index (χ2n) is 4.93. The van der Waals surface area contributed by atoms with Crippen molar-refractivity contribution >= 4 is 12.3 Å². The summed E-state index contributed by atoms with van der Waals surface area (Å²) in [5.41, 5.74) is 0.955. The van der Waals surface area contributed by atoms with Crippen LogP contribution in [0.15, 0.2) is 30.3 Å². The molecule has 0 unspecified atom stereocenters. The summed E-state index contributed by atoms with van der Waals surface area (Å²) < 4.78 is 16.4. The molecule has 1 heterocycles. The molecule has 0 bridgehead atoms. The number of hydrogen-bond donors (Lipinski definition) is 0. The molecule has 114 valence electrons. The lowest BCUT2D eigenvalue weighted by Gasteiger charge is -2.29. The highest BCUT2D eigenvalue weighted by atomic mass is 16.7. The molecule has 0 aromatic heterocycles. The van der Waals surface area contributed by atoms with Crippen LogP contribution in [0, 0.1) is 0 Å². The van der Waals surface area contributed by atoms with Gasteiger partial charge in [-0.1, -0.05) is 30.3 Å². The lowest BCUT2D eigenvalue weighted by molar-refractivity contribution is -0.229. The summed E-state index contributed by atoms with van der Waals surface area (Å²) in [5, 5.41) is 0. The van der Waals surface area contributed by atoms with Gasteiger partial charge < -0.3 is 19.0 Å². The van der Waals surface area contributed by atoms with Gasteiger partial charge in [0.25, 0.3) is 0 Å². The summed E-state index contributed by atoms with van der Waals surface area (Å²) >= 11 is 0. The topological polar surface area (TPSA) is 61.8 Å². The first-order chi connectivity index (χ1) is 10.3. The van der Waals surface area contributed by atoms with Crippen molar-refractivity contribution in [2.45, 2.75) is 38.1 Å². The number of benzene rings is 1. The molecular weight excluding hydrogens is 272 g/mol. The normalized spacial score (nSPS) is 21.7. The zero-order chi connectivity index (χ0) is 14.9. The number of esters is 1. The quantitative estimate of drug-likeness (QED) is 0.439. The number of rotatable bonds is 7. The fraction of sp³-hybridized carbons (Fsp3) is 0.500. The summed E-state index contributed by atoms with van der Waals surface area (Å²) in [6.07, 6.45) is 2.30. The van der Waals surface area contributed by atoms with Gasteiger partial charge in [-0.15, -0.1) is 0 Å². The van der Waals surface area contributed by atoms with Crippen LogP contribution in [0.4, 0.5) is 0 Å². The number of unbranched alkanes of at least 4 members (excludes halogenated alkanes) is 2. The minimum absolute atomic E-state index is 0.267. The molecule has 1 aromatic rings. The molecular formula is C16H20O5. The number of hydrogen-bond acceptors (Lipinski definition) is 5. The molecule has 1 saturated heterocycles. The Morgan fingerprint density at radius 1 is 1.19 bits per heavy atom. The van der Waals surface area contributed by atoms with Gasteiger partial charge in [0, 0.05) is 18.4 Å². The van der Waals surface area contributed by atoms with E-state index in [4.69, 9.17) is 14.2 Å². The van der Waals surface area contributed by atoms with Gasteiger partial charge in [-0.3, -0.25) is 4.79 Å². The lowest BCUT2D eigenvalue weighted by atomic mass is 10.2. The Morgan fingerprint density at radius 2 is 1.90 bits per heavy atom. The highest BCUT2D eigenvalue weighted by Gasteiger charge is 2.25. The summed E-state index contributed by atoms with van der Waals surface area (Å²) in [4.78, 5) is 21.8. The Balaban J connectivity index is 1.67. The third kappa shape index (κ3) is 5.28. The van der Waals surface area contributed by atoms with Crippen molar-refractivity contribution in [1.29, 1.82) is 0 Å². The third-order valence-corrected chi connectivity index (χ3v) is 3.19. The zero-order valence-corrected chi connectivity index (χ0v) is 11.9. The van der Waals surface area contributed by atoms with Crippen LogP contribution in [-0.2, 0) is 23.8 Å². The fourth-order valence-corrected chi connectivity index (χ4v) is 2.10. The van der Waals surface area contributed by atoms with Gasteiger partial charge in [-0.05, 0) is 12.8 Å². The molecule has 1 aliphatic heterocycles. The Kier molecular flexibility index (Phi) is 6.37. The maximum absolute atomic E-state index is 11.6. The Bertz CT molecular complexity index is 437. The van der Waals surface area contributed by atoms with E-state index in [2.05, 4.69) is 0 Å². The molecule has 2 rings (SSSR count). The second kappa shape index (κ2) is 8.54. The summed E-state index contributed by atoms with van der Waals surface area (Å²) in [7, 11) is 0. The molecule has 0 amide bonds. The molecule has 0 saturated carbocycles. The van der Waals surface area contributed by atoms with Crippen molar-refractivity contribution in [2.24, 2.45) is 0 Å². The van der Waals surface area contributed by atoms with E-state index in [0.717, 1.165) is 11.8 Å². The summed E-state index contributed by atoms with van der Waals surface area (Å²) in [6.45, 7) is 0.666. The van der Waals surface area contributed by atoms with Crippen LogP contribution in [-0.4, -0.2) is 31.6 Å². The highest BCUT2D eigenvalue weighted by molar-refractivity contribution is 5.69. The van der Waals surface area contributed by atoms with Crippen molar-refractivity contribution in [3.05, 3.63) is 35.9 Å². The zero-order valence-electron chi connectivity index (χ0n) is 11.9. The van der Waals surface area contributed by atoms with E-state index in [1.54, 1.807) is 0 Å². The van der Waals surface area contributed by atoms with Crippen molar-refractivity contribution in [3.63, 3.8) is 0 Å². The largest absolute Gasteiger partial charge is 0.457 e. The average molecular weight is 292 g/mol. The molecule has 1 fully saturated rings. The van der Waals surface area contributed by atoms with Crippen molar-refractivity contribution in [3.8, 4) is 0 Å². The first-order valence-corrected chi connectivity index (χ1v) is 7.21. The van der Waals surface area contributed by atoms with Gasteiger partial charge in [-0.25, -0.2) is 0 Å². The number of carbonyl (C=O) groups excluding carboxylic acids is 2. The smallest absolute Gasteiger partial charge is 0.306 e. The van der Waals surface area contributed by atoms with Crippen LogP contribution in [0.5, 0.6) is 0 Å². The van der Waals surface area contributed by atoms with Crippen molar-refractivity contribution in [2.75, 3.05) is 13.2 Å². The predicted octanol–water partition coefficient (Wildman–Crippen LogP) is 2.40. The van der Waals surface area contributed by atoms with Crippen LogP contribution in [0.3, 0.4) is 0 Å². The number of aldehydes is 1. The molecule has 1 aromatic carbocycles. The third-order valence-electron chi connectivity index (χ3n) is 3.19. The number of carbonyl (C=O) groups is 2. The van der Waals surface area contributed by atoms with Crippen molar-refractivity contribution in [1.82, 2.24) is 0 Å². The molecule has 0 radical (unpaired) electrons. The van der Waals surface area contributed by atoms with Crippen LogP contribution >= 0.6 is 0 Å². The maximum Gasteiger partial charge on any atom is 0.306 e. The van der Waals surface area contributed by atoms with E-state index in [-0.39, 0.29) is 12.1 Å². The maximum atomic E-state index is 11.6. The average Bonchev–Trinajstić information content (AvgIpc) is 2.53. The Labute approximate surface area is 124 Å². The molecule has 5 nitrogen and oxygen atoms in total. The second-order valence-corrected chi connectivity index (χ2v) is 4.93. The standard InChI is InChI=1S/C16H20O5/c17-10-6-2-5-9-15(18)21-14-11-19-16(20-12-14)13-7-3-1-4-8-13/h1,3-4,7-8,10,14,16H,2,5-6,9,11-12H2. The molecule has 1 aliphatic rings. The Hall–Kier alpha value is -1.72. The molecule has 0 atom stereocenters. The van der Waals surface area contributed by atoms with Crippen LogP contribution in [0.1, 0.15) is 37.5 Å². The minimum Gasteiger partial charge on any atom is -0.457 e. The van der Waals surface area contributed by atoms with E-state index < -0.39 is 6.29 Å². The van der Waals surface area contributed by atoms with Gasteiger partial charge in [-0.2, -0.15) is 0 Å². The minimum atomic E-state index is -0.395. The first-order valence-electron chi connectivity index (χ1n) is 7.21. The van der Waals surface area contributed by atoms with E-state index in [9.17, 15) is 9.59 Å². The van der Waals surface area contributed by atoms with Gasteiger partial charge in [0.1, 0.15) is 12.4 Å². The Morgan fingerprint density at radius 3 is 2.57 bits per heavy atom. The lowest BCUT2D eigenvalue weighted by Crippen LogP contribution is -2.35. The summed E-state index contributed by atoms with van der Waals surface area (Å²) in [6, 6.07) is 9.65. The monoisotopic (exact) mass is 292 g/mol. The van der Waals surface area contributed by atoms with E-state index >= 15 is 0 Å². The van der Waals surface area contributed by atoms with Gasteiger partial charge in [0.2, 0.25) is 0 Å². The number of ether oxygens (including phenoxy) is 3. The first kappa shape index (κ1) is 15.7. The van der Waals surface area contributed by atoms with Crippen LogP contribution < -0.4 is 0 Å². The van der Waals surface area contributed by atoms with Gasteiger partial charge in [0.05, 0.1) is 13.2 Å². The predicted molar refractivity (Wildman–Crippen MR) is 75.5 cm³/mol. The van der Waals surface area contributed by atoms with Crippen molar-refractivity contribution < 1.29 is 23.8 Å². The highest BCUT2D eigenvalue weighted by Crippen LogP contribution is 2.23. The van der Waals surface area contributed by atoms with Crippen LogP contribution in [0.2, 0.25) is 0 Å². The SMILES string of the molecule is O=CCCCCC(=O)OC1COC(c2ccccc2)OC1. The molecule has 0 spiro atoms. The summed E-state index contributed by atoms with van der Waals surface area (Å²) in [5.74, 6) is -0.267. The van der Waals surface area contributed by atoms with Crippen LogP contribution in [0.25, 0.3) is 0 Å². The van der Waals surface area contributed by atoms with E-state index in [0.29, 0.717) is 38.9 Å². The molecule has 0 N–H and O–H groups in total. The van der Waals surface area contributed by atoms with Gasteiger partial charge >= 0.3 is 5.97 Å². The van der Waals surface area contributed by atoms with E-state index in [1.807, 2.05) is 30.3 Å². The molecule has 0 aliphatic carbocycles. The molecule has 5 heteroatoms. The van der Waals surface area contributed by atoms with Gasteiger partial charge in [0.15, 0.2) is 6.29 Å². The van der Waals surface area contributed by atoms with E-state index in [1.165, 1.54) is 0 Å². The molecule has 21 heavy (non-hydrogen) atoms.